The van der Waals surface area contributed by atoms with E-state index < -0.39 is 0 Å². The van der Waals surface area contributed by atoms with Crippen molar-refractivity contribution in [2.75, 3.05) is 6.61 Å². The zero-order valence-corrected chi connectivity index (χ0v) is 11.5. The first-order chi connectivity index (χ1) is 9.83. The molecule has 5 heteroatoms. The highest BCUT2D eigenvalue weighted by atomic mass is 32.1. The maximum Gasteiger partial charge on any atom is 0.271 e. The van der Waals surface area contributed by atoms with Crippen LogP contribution in [0.4, 0.5) is 0 Å². The van der Waals surface area contributed by atoms with Crippen molar-refractivity contribution in [2.45, 2.75) is 12.5 Å². The van der Waals surface area contributed by atoms with Crippen LogP contribution in [0.5, 0.6) is 5.75 Å². The molecule has 0 N–H and O–H groups in total. The monoisotopic (exact) mass is 284 g/mol. The minimum Gasteiger partial charge on any atom is -0.493 e. The number of hydrogen-bond donors (Lipinski definition) is 0. The van der Waals surface area contributed by atoms with Crippen LogP contribution in [0.1, 0.15) is 11.5 Å². The molecule has 2 aromatic heterocycles. The molecule has 1 aliphatic rings. The van der Waals surface area contributed by atoms with Crippen LogP contribution in [0.25, 0.3) is 10.2 Å². The van der Waals surface area contributed by atoms with E-state index in [1.54, 1.807) is 10.9 Å². The van der Waals surface area contributed by atoms with Crippen LogP contribution in [0, 0.1) is 0 Å². The van der Waals surface area contributed by atoms with Crippen molar-refractivity contribution in [1.29, 1.82) is 0 Å². The van der Waals surface area contributed by atoms with Gasteiger partial charge in [-0.3, -0.25) is 9.36 Å². The van der Waals surface area contributed by atoms with Crippen LogP contribution in [-0.2, 0) is 6.54 Å². The molecular weight excluding hydrogens is 272 g/mol. The number of aromatic nitrogens is 2. The third kappa shape index (κ3) is 1.74. The Kier molecular flexibility index (Phi) is 2.60. The van der Waals surface area contributed by atoms with Crippen LogP contribution in [0.2, 0.25) is 0 Å². The SMILES string of the molecule is O=c1c2sccc2ncn1CC1COc2ccccc21. The zero-order valence-electron chi connectivity index (χ0n) is 10.7. The van der Waals surface area contributed by atoms with E-state index in [0.29, 0.717) is 13.2 Å². The average molecular weight is 284 g/mol. The number of ether oxygens (including phenoxy) is 1. The Bertz CT molecular complexity index is 837. The summed E-state index contributed by atoms with van der Waals surface area (Å²) in [5, 5.41) is 1.90. The Morgan fingerprint density at radius 3 is 3.20 bits per heavy atom. The first-order valence-electron chi connectivity index (χ1n) is 6.47. The Hall–Kier alpha value is -2.14. The van der Waals surface area contributed by atoms with Gasteiger partial charge in [-0.05, 0) is 17.5 Å². The quantitative estimate of drug-likeness (QED) is 0.726. The predicted octanol–water partition coefficient (Wildman–Crippen LogP) is 2.63. The van der Waals surface area contributed by atoms with Gasteiger partial charge < -0.3 is 4.74 Å². The summed E-state index contributed by atoms with van der Waals surface area (Å²) in [4.78, 5) is 16.7. The van der Waals surface area contributed by atoms with E-state index >= 15 is 0 Å². The van der Waals surface area contributed by atoms with E-state index in [-0.39, 0.29) is 11.5 Å². The van der Waals surface area contributed by atoms with Crippen molar-refractivity contribution in [3.63, 3.8) is 0 Å². The van der Waals surface area contributed by atoms with E-state index in [1.165, 1.54) is 16.9 Å². The smallest absolute Gasteiger partial charge is 0.271 e. The molecule has 1 unspecified atom stereocenters. The molecular formula is C15H12N2O2S. The van der Waals surface area contributed by atoms with Gasteiger partial charge in [-0.2, -0.15) is 0 Å². The Morgan fingerprint density at radius 2 is 2.25 bits per heavy atom. The molecule has 1 aromatic carbocycles. The number of hydrogen-bond acceptors (Lipinski definition) is 4. The first-order valence-corrected chi connectivity index (χ1v) is 7.35. The van der Waals surface area contributed by atoms with Crippen molar-refractivity contribution in [3.8, 4) is 5.75 Å². The van der Waals surface area contributed by atoms with E-state index in [0.717, 1.165) is 16.0 Å². The highest BCUT2D eigenvalue weighted by Crippen LogP contribution is 2.34. The van der Waals surface area contributed by atoms with Gasteiger partial charge in [-0.25, -0.2) is 4.98 Å². The van der Waals surface area contributed by atoms with Crippen molar-refractivity contribution in [2.24, 2.45) is 0 Å². The summed E-state index contributed by atoms with van der Waals surface area (Å²) in [5.74, 6) is 1.14. The van der Waals surface area contributed by atoms with Gasteiger partial charge in [-0.15, -0.1) is 11.3 Å². The molecule has 1 atom stereocenters. The van der Waals surface area contributed by atoms with Gasteiger partial charge in [-0.1, -0.05) is 18.2 Å². The molecule has 0 amide bonds. The molecule has 0 bridgehead atoms. The number of para-hydroxylation sites is 1. The lowest BCUT2D eigenvalue weighted by atomic mass is 10.0. The maximum atomic E-state index is 12.4. The Labute approximate surface area is 119 Å². The number of thiophene rings is 1. The predicted molar refractivity (Wildman–Crippen MR) is 78.6 cm³/mol. The molecule has 0 radical (unpaired) electrons. The first kappa shape index (κ1) is 11.7. The standard InChI is InChI=1S/C15H12N2O2S/c18-15-14-12(5-6-20-14)16-9-17(15)7-10-8-19-13-4-2-1-3-11(10)13/h1-6,9-10H,7-8H2. The van der Waals surface area contributed by atoms with E-state index in [4.69, 9.17) is 4.74 Å². The van der Waals surface area contributed by atoms with Gasteiger partial charge in [0.05, 0.1) is 18.5 Å². The second kappa shape index (κ2) is 4.45. The molecule has 3 aromatic rings. The van der Waals surface area contributed by atoms with Gasteiger partial charge in [0.1, 0.15) is 10.4 Å². The van der Waals surface area contributed by atoms with Crippen LogP contribution >= 0.6 is 11.3 Å². The summed E-state index contributed by atoms with van der Waals surface area (Å²) in [6, 6.07) is 9.88. The lowest BCUT2D eigenvalue weighted by Gasteiger charge is -2.10. The molecule has 0 fully saturated rings. The average Bonchev–Trinajstić information content (AvgIpc) is 3.10. The van der Waals surface area contributed by atoms with Crippen LogP contribution in [-0.4, -0.2) is 16.2 Å². The van der Waals surface area contributed by atoms with Crippen molar-refractivity contribution in [3.05, 3.63) is 58.0 Å². The number of benzene rings is 1. The highest BCUT2D eigenvalue weighted by molar-refractivity contribution is 7.17. The molecule has 4 rings (SSSR count). The largest absolute Gasteiger partial charge is 0.493 e. The summed E-state index contributed by atoms with van der Waals surface area (Å²) in [6.45, 7) is 1.23. The van der Waals surface area contributed by atoms with Crippen LogP contribution < -0.4 is 10.3 Å². The highest BCUT2D eigenvalue weighted by Gasteiger charge is 2.24. The molecule has 20 heavy (non-hydrogen) atoms. The topological polar surface area (TPSA) is 44.1 Å². The van der Waals surface area contributed by atoms with Crippen molar-refractivity contribution in [1.82, 2.24) is 9.55 Å². The van der Waals surface area contributed by atoms with Gasteiger partial charge in [0.2, 0.25) is 0 Å². The number of fused-ring (bicyclic) bond motifs is 2. The van der Waals surface area contributed by atoms with E-state index in [9.17, 15) is 4.79 Å². The van der Waals surface area contributed by atoms with E-state index in [1.807, 2.05) is 29.6 Å². The fraction of sp³-hybridized carbons (Fsp3) is 0.200. The summed E-state index contributed by atoms with van der Waals surface area (Å²) in [7, 11) is 0. The van der Waals surface area contributed by atoms with Gasteiger partial charge >= 0.3 is 0 Å². The molecule has 0 saturated carbocycles. The second-order valence-corrected chi connectivity index (χ2v) is 5.80. The van der Waals surface area contributed by atoms with Crippen LogP contribution in [0.15, 0.2) is 46.8 Å². The third-order valence-electron chi connectivity index (χ3n) is 3.65. The third-order valence-corrected chi connectivity index (χ3v) is 4.54. The van der Waals surface area contributed by atoms with Crippen LogP contribution in [0.3, 0.4) is 0 Å². The summed E-state index contributed by atoms with van der Waals surface area (Å²) < 4.78 is 8.07. The minimum atomic E-state index is 0.0365. The fourth-order valence-corrected chi connectivity index (χ4v) is 3.42. The molecule has 0 saturated heterocycles. The number of nitrogens with zero attached hydrogens (tertiary/aromatic N) is 2. The van der Waals surface area contributed by atoms with E-state index in [2.05, 4.69) is 11.1 Å². The van der Waals surface area contributed by atoms with Gasteiger partial charge in [0.25, 0.3) is 5.56 Å². The fourth-order valence-electron chi connectivity index (χ4n) is 2.63. The van der Waals surface area contributed by atoms with Crippen molar-refractivity contribution >= 4 is 21.6 Å². The summed E-state index contributed by atoms with van der Waals surface area (Å²) in [5.41, 5.74) is 1.99. The molecule has 4 nitrogen and oxygen atoms in total. The normalized spacial score (nSPS) is 17.1. The van der Waals surface area contributed by atoms with Crippen molar-refractivity contribution < 1.29 is 4.74 Å². The molecule has 0 spiro atoms. The Balaban J connectivity index is 1.72. The second-order valence-electron chi connectivity index (χ2n) is 4.88. The summed E-state index contributed by atoms with van der Waals surface area (Å²) in [6.07, 6.45) is 1.64. The summed E-state index contributed by atoms with van der Waals surface area (Å²) >= 11 is 1.44. The maximum absolute atomic E-state index is 12.4. The minimum absolute atomic E-state index is 0.0365. The lowest BCUT2D eigenvalue weighted by molar-refractivity contribution is 0.317. The zero-order chi connectivity index (χ0) is 13.5. The molecule has 100 valence electrons. The van der Waals surface area contributed by atoms with Gasteiger partial charge in [0, 0.05) is 18.0 Å². The molecule has 0 aliphatic carbocycles. The number of rotatable bonds is 2. The molecule has 1 aliphatic heterocycles. The van der Waals surface area contributed by atoms with Gasteiger partial charge in [0.15, 0.2) is 0 Å². The molecule has 3 heterocycles. The lowest BCUT2D eigenvalue weighted by Crippen LogP contribution is -2.23. The Morgan fingerprint density at radius 1 is 1.35 bits per heavy atom.